The Morgan fingerprint density at radius 2 is 2.06 bits per heavy atom. The molecule has 2 fully saturated rings. The van der Waals surface area contributed by atoms with Gasteiger partial charge in [-0.05, 0) is 45.6 Å². The van der Waals surface area contributed by atoms with Crippen molar-refractivity contribution in [2.24, 2.45) is 0 Å². The van der Waals surface area contributed by atoms with Crippen LogP contribution in [0.2, 0.25) is 0 Å². The Balaban J connectivity index is 2.12. The van der Waals surface area contributed by atoms with E-state index < -0.39 is 11.5 Å². The molecule has 0 aromatic carbocycles. The van der Waals surface area contributed by atoms with Crippen LogP contribution in [-0.2, 0) is 9.53 Å². The summed E-state index contributed by atoms with van der Waals surface area (Å²) < 4.78 is 5.35. The molecule has 92 valence electrons. The third kappa shape index (κ3) is 2.09. The molecule has 1 N–H and O–H groups in total. The van der Waals surface area contributed by atoms with Crippen LogP contribution in [0.4, 0.5) is 0 Å². The van der Waals surface area contributed by atoms with Crippen molar-refractivity contribution in [1.29, 1.82) is 0 Å². The maximum Gasteiger partial charge on any atom is 0.323 e. The molecule has 0 aromatic rings. The largest absolute Gasteiger partial charge is 0.480 e. The normalized spacial score (nSPS) is 33.8. The van der Waals surface area contributed by atoms with Gasteiger partial charge in [0.1, 0.15) is 5.54 Å². The molecule has 0 spiro atoms. The molecule has 1 unspecified atom stereocenters. The first-order chi connectivity index (χ1) is 7.64. The van der Waals surface area contributed by atoms with Crippen molar-refractivity contribution in [3.8, 4) is 0 Å². The highest BCUT2D eigenvalue weighted by atomic mass is 16.5. The average molecular weight is 227 g/mol. The molecule has 1 atom stereocenters. The third-order valence-corrected chi connectivity index (χ3v) is 4.04. The molecule has 2 heterocycles. The van der Waals surface area contributed by atoms with Crippen LogP contribution in [0, 0.1) is 0 Å². The van der Waals surface area contributed by atoms with Gasteiger partial charge in [-0.25, -0.2) is 0 Å². The minimum atomic E-state index is -0.668. The van der Waals surface area contributed by atoms with Gasteiger partial charge < -0.3 is 9.84 Å². The standard InChI is InChI=1S/C12H21NO3/c1-12(11(14)15)6-2-3-7-13(12)10-4-8-16-9-5-10/h10H,2-9H2,1H3,(H,14,15). The van der Waals surface area contributed by atoms with Gasteiger partial charge >= 0.3 is 5.97 Å². The van der Waals surface area contributed by atoms with Crippen molar-refractivity contribution >= 4 is 5.97 Å². The first kappa shape index (κ1) is 11.9. The second-order valence-corrected chi connectivity index (χ2v) is 5.07. The van der Waals surface area contributed by atoms with E-state index in [0.717, 1.165) is 51.9 Å². The van der Waals surface area contributed by atoms with E-state index in [-0.39, 0.29) is 0 Å². The predicted octanol–water partition coefficient (Wildman–Crippen LogP) is 1.49. The molecule has 2 saturated heterocycles. The summed E-state index contributed by atoms with van der Waals surface area (Å²) in [4.78, 5) is 13.7. The highest BCUT2D eigenvalue weighted by Crippen LogP contribution is 2.32. The van der Waals surface area contributed by atoms with Crippen LogP contribution in [0.15, 0.2) is 0 Å². The number of ether oxygens (including phenoxy) is 1. The summed E-state index contributed by atoms with van der Waals surface area (Å²) >= 11 is 0. The van der Waals surface area contributed by atoms with Crippen molar-refractivity contribution < 1.29 is 14.6 Å². The van der Waals surface area contributed by atoms with Crippen LogP contribution >= 0.6 is 0 Å². The number of carbonyl (C=O) groups is 1. The lowest BCUT2D eigenvalue weighted by atomic mass is 9.85. The van der Waals surface area contributed by atoms with Gasteiger partial charge in [0, 0.05) is 19.3 Å². The molecule has 4 heteroatoms. The highest BCUT2D eigenvalue weighted by Gasteiger charge is 2.44. The van der Waals surface area contributed by atoms with Gasteiger partial charge in [0.25, 0.3) is 0 Å². The molecule has 16 heavy (non-hydrogen) atoms. The lowest BCUT2D eigenvalue weighted by Gasteiger charge is -2.47. The van der Waals surface area contributed by atoms with E-state index in [2.05, 4.69) is 4.90 Å². The average Bonchev–Trinajstić information content (AvgIpc) is 2.30. The summed E-state index contributed by atoms with van der Waals surface area (Å²) in [7, 11) is 0. The molecule has 0 aromatic heterocycles. The summed E-state index contributed by atoms with van der Waals surface area (Å²) in [5.74, 6) is -0.668. The Kier molecular flexibility index (Phi) is 3.50. The molecular weight excluding hydrogens is 206 g/mol. The van der Waals surface area contributed by atoms with Crippen LogP contribution in [0.25, 0.3) is 0 Å². The first-order valence-electron chi connectivity index (χ1n) is 6.22. The minimum Gasteiger partial charge on any atom is -0.480 e. The zero-order chi connectivity index (χ0) is 11.6. The fourth-order valence-corrected chi connectivity index (χ4v) is 2.95. The van der Waals surface area contributed by atoms with E-state index in [1.54, 1.807) is 0 Å². The van der Waals surface area contributed by atoms with E-state index >= 15 is 0 Å². The van der Waals surface area contributed by atoms with Gasteiger partial charge in [-0.1, -0.05) is 0 Å². The Bertz CT molecular complexity index is 263. The number of likely N-dealkylation sites (tertiary alicyclic amines) is 1. The molecule has 2 rings (SSSR count). The van der Waals surface area contributed by atoms with Crippen LogP contribution in [0.1, 0.15) is 39.0 Å². The van der Waals surface area contributed by atoms with Crippen molar-refractivity contribution in [3.05, 3.63) is 0 Å². The SMILES string of the molecule is CC1(C(=O)O)CCCCN1C1CCOCC1. The van der Waals surface area contributed by atoms with E-state index in [4.69, 9.17) is 4.74 Å². The zero-order valence-corrected chi connectivity index (χ0v) is 9.95. The number of nitrogens with zero attached hydrogens (tertiary/aromatic N) is 1. The molecule has 2 aliphatic heterocycles. The zero-order valence-electron chi connectivity index (χ0n) is 9.95. The quantitative estimate of drug-likeness (QED) is 0.776. The van der Waals surface area contributed by atoms with Gasteiger partial charge in [-0.15, -0.1) is 0 Å². The monoisotopic (exact) mass is 227 g/mol. The van der Waals surface area contributed by atoms with E-state index in [0.29, 0.717) is 6.04 Å². The molecule has 0 saturated carbocycles. The number of carboxylic acids is 1. The summed E-state index contributed by atoms with van der Waals surface area (Å²) in [5.41, 5.74) is -0.653. The molecule has 0 amide bonds. The van der Waals surface area contributed by atoms with Gasteiger partial charge in [0.2, 0.25) is 0 Å². The Labute approximate surface area is 96.6 Å². The Morgan fingerprint density at radius 3 is 2.69 bits per heavy atom. The molecule has 2 aliphatic rings. The Hall–Kier alpha value is -0.610. The topological polar surface area (TPSA) is 49.8 Å². The lowest BCUT2D eigenvalue weighted by Crippen LogP contribution is -2.59. The highest BCUT2D eigenvalue weighted by molar-refractivity contribution is 5.78. The molecule has 0 aliphatic carbocycles. The van der Waals surface area contributed by atoms with E-state index in [1.807, 2.05) is 6.92 Å². The first-order valence-corrected chi connectivity index (χ1v) is 6.22. The third-order valence-electron chi connectivity index (χ3n) is 4.04. The number of carboxylic acid groups (broad SMARTS) is 1. The molecule has 4 nitrogen and oxygen atoms in total. The maximum absolute atomic E-state index is 11.5. The fraction of sp³-hybridized carbons (Fsp3) is 0.917. The van der Waals surface area contributed by atoms with Gasteiger partial charge in [0.05, 0.1) is 0 Å². The second-order valence-electron chi connectivity index (χ2n) is 5.07. The number of hydrogen-bond donors (Lipinski definition) is 1. The van der Waals surface area contributed by atoms with Gasteiger partial charge in [-0.2, -0.15) is 0 Å². The van der Waals surface area contributed by atoms with Crippen molar-refractivity contribution in [3.63, 3.8) is 0 Å². The van der Waals surface area contributed by atoms with E-state index in [9.17, 15) is 9.90 Å². The Morgan fingerprint density at radius 1 is 1.38 bits per heavy atom. The van der Waals surface area contributed by atoms with Crippen LogP contribution in [-0.4, -0.2) is 47.3 Å². The van der Waals surface area contributed by atoms with Gasteiger partial charge in [-0.3, -0.25) is 9.69 Å². The van der Waals surface area contributed by atoms with E-state index in [1.165, 1.54) is 0 Å². The summed E-state index contributed by atoms with van der Waals surface area (Å²) in [6.07, 6.45) is 4.88. The predicted molar refractivity (Wildman–Crippen MR) is 60.4 cm³/mol. The summed E-state index contributed by atoms with van der Waals surface area (Å²) in [6.45, 7) is 4.35. The van der Waals surface area contributed by atoms with Crippen molar-refractivity contribution in [2.75, 3.05) is 19.8 Å². The lowest BCUT2D eigenvalue weighted by molar-refractivity contribution is -0.157. The smallest absolute Gasteiger partial charge is 0.323 e. The molecule has 0 radical (unpaired) electrons. The summed E-state index contributed by atoms with van der Waals surface area (Å²) in [5, 5.41) is 9.43. The fourth-order valence-electron chi connectivity index (χ4n) is 2.95. The van der Waals surface area contributed by atoms with Crippen LogP contribution in [0.5, 0.6) is 0 Å². The number of aliphatic carboxylic acids is 1. The molecule has 0 bridgehead atoms. The number of rotatable bonds is 2. The van der Waals surface area contributed by atoms with Gasteiger partial charge in [0.15, 0.2) is 0 Å². The van der Waals surface area contributed by atoms with Crippen molar-refractivity contribution in [2.45, 2.75) is 50.6 Å². The van der Waals surface area contributed by atoms with Crippen LogP contribution in [0.3, 0.4) is 0 Å². The maximum atomic E-state index is 11.5. The number of piperidine rings is 1. The molecular formula is C12H21NO3. The number of hydrogen-bond acceptors (Lipinski definition) is 3. The summed E-state index contributed by atoms with van der Waals surface area (Å²) in [6, 6.07) is 0.398. The van der Waals surface area contributed by atoms with Crippen LogP contribution < -0.4 is 0 Å². The van der Waals surface area contributed by atoms with Crippen molar-refractivity contribution in [1.82, 2.24) is 4.90 Å². The minimum absolute atomic E-state index is 0.398. The second kappa shape index (κ2) is 4.72.